The van der Waals surface area contributed by atoms with Gasteiger partial charge in [-0.2, -0.15) is 0 Å². The third kappa shape index (κ3) is 5.98. The van der Waals surface area contributed by atoms with Crippen LogP contribution in [-0.2, 0) is 9.47 Å². The molecule has 0 aliphatic carbocycles. The molecule has 0 amide bonds. The number of methoxy groups -OCH3 is 1. The van der Waals surface area contributed by atoms with Crippen LogP contribution in [0.25, 0.3) is 0 Å². The zero-order valence-electron chi connectivity index (χ0n) is 5.22. The lowest BCUT2D eigenvalue weighted by molar-refractivity contribution is 0.0778. The molecule has 0 atom stereocenters. The van der Waals surface area contributed by atoms with Crippen molar-refractivity contribution in [2.45, 2.75) is 6.32 Å². The Labute approximate surface area is 51.6 Å². The molecular formula is C5H11BO2. The van der Waals surface area contributed by atoms with Crippen LogP contribution in [0.5, 0.6) is 0 Å². The van der Waals surface area contributed by atoms with Gasteiger partial charge >= 0.3 is 0 Å². The van der Waals surface area contributed by atoms with E-state index in [0.29, 0.717) is 26.1 Å². The first-order chi connectivity index (χ1) is 3.91. The SMILES string of the molecule is [B]CCOCCOC. The summed E-state index contributed by atoms with van der Waals surface area (Å²) in [7, 11) is 6.79. The van der Waals surface area contributed by atoms with E-state index >= 15 is 0 Å². The molecule has 0 N–H and O–H groups in total. The third-order valence-corrected chi connectivity index (χ3v) is 0.694. The minimum atomic E-state index is 0.587. The molecule has 0 fully saturated rings. The Morgan fingerprint density at radius 3 is 2.50 bits per heavy atom. The maximum atomic E-state index is 5.14. The normalized spacial score (nSPS) is 9.62. The van der Waals surface area contributed by atoms with Gasteiger partial charge in [-0.15, -0.1) is 0 Å². The zero-order chi connectivity index (χ0) is 6.24. The number of ether oxygens (including phenoxy) is 2. The largest absolute Gasteiger partial charge is 0.382 e. The van der Waals surface area contributed by atoms with Gasteiger partial charge in [0.2, 0.25) is 0 Å². The summed E-state index contributed by atoms with van der Waals surface area (Å²) in [4.78, 5) is 0. The molecule has 0 aliphatic heterocycles. The summed E-state index contributed by atoms with van der Waals surface area (Å²) in [6.45, 7) is 1.93. The van der Waals surface area contributed by atoms with Crippen LogP contribution in [0.1, 0.15) is 0 Å². The van der Waals surface area contributed by atoms with Gasteiger partial charge in [0.25, 0.3) is 0 Å². The molecule has 0 aromatic carbocycles. The molecule has 0 unspecified atom stereocenters. The first-order valence-electron chi connectivity index (χ1n) is 2.68. The molecule has 0 bridgehead atoms. The Bertz CT molecular complexity index is 35.4. The van der Waals surface area contributed by atoms with Crippen LogP contribution < -0.4 is 0 Å². The predicted molar refractivity (Wildman–Crippen MR) is 33.3 cm³/mol. The van der Waals surface area contributed by atoms with Crippen molar-refractivity contribution in [3.8, 4) is 0 Å². The first kappa shape index (κ1) is 7.98. The summed E-state index contributed by atoms with van der Waals surface area (Å²) in [5.41, 5.74) is 0. The van der Waals surface area contributed by atoms with Gasteiger partial charge in [-0.3, -0.25) is 0 Å². The number of hydrogen-bond donors (Lipinski definition) is 0. The molecular weight excluding hydrogens is 103 g/mol. The molecule has 0 saturated carbocycles. The number of hydrogen-bond acceptors (Lipinski definition) is 2. The molecule has 46 valence electrons. The molecule has 0 spiro atoms. The van der Waals surface area contributed by atoms with Gasteiger partial charge < -0.3 is 9.47 Å². The van der Waals surface area contributed by atoms with Crippen LogP contribution in [-0.4, -0.2) is 34.8 Å². The Kier molecular flexibility index (Phi) is 6.97. The average Bonchev–Trinajstić information content (AvgIpc) is 1.81. The standard InChI is InChI=1S/C5H11BO2/c1-7-4-5-8-3-2-6/h2-5H2,1H3. The van der Waals surface area contributed by atoms with Crippen molar-refractivity contribution in [2.24, 2.45) is 0 Å². The summed E-state index contributed by atoms with van der Waals surface area (Å²) in [5.74, 6) is 0. The molecule has 0 aromatic rings. The molecule has 0 heterocycles. The van der Waals surface area contributed by atoms with E-state index in [1.165, 1.54) is 0 Å². The number of rotatable bonds is 5. The molecule has 3 heteroatoms. The maximum Gasteiger partial charge on any atom is 0.0699 e. The van der Waals surface area contributed by atoms with Crippen LogP contribution in [0.15, 0.2) is 0 Å². The van der Waals surface area contributed by atoms with Crippen molar-refractivity contribution < 1.29 is 9.47 Å². The Morgan fingerprint density at radius 2 is 2.00 bits per heavy atom. The van der Waals surface area contributed by atoms with Crippen molar-refractivity contribution in [3.05, 3.63) is 0 Å². The maximum absolute atomic E-state index is 5.14. The van der Waals surface area contributed by atoms with E-state index in [4.69, 9.17) is 17.3 Å². The van der Waals surface area contributed by atoms with Gasteiger partial charge in [-0.1, -0.05) is 6.32 Å². The molecule has 0 aromatic heterocycles. The summed E-state index contributed by atoms with van der Waals surface area (Å²) in [6.07, 6.45) is 0.587. The van der Waals surface area contributed by atoms with Crippen molar-refractivity contribution in [1.29, 1.82) is 0 Å². The predicted octanol–water partition coefficient (Wildman–Crippen LogP) is 0.236. The van der Waals surface area contributed by atoms with E-state index in [1.807, 2.05) is 0 Å². The van der Waals surface area contributed by atoms with Crippen molar-refractivity contribution in [2.75, 3.05) is 26.9 Å². The van der Waals surface area contributed by atoms with Gasteiger partial charge in [-0.25, -0.2) is 0 Å². The fourth-order valence-corrected chi connectivity index (χ4v) is 0.328. The molecule has 0 saturated heterocycles. The van der Waals surface area contributed by atoms with Gasteiger partial charge in [0.15, 0.2) is 0 Å². The van der Waals surface area contributed by atoms with Gasteiger partial charge in [0, 0.05) is 13.7 Å². The van der Waals surface area contributed by atoms with E-state index in [-0.39, 0.29) is 0 Å². The monoisotopic (exact) mass is 114 g/mol. The second-order valence-corrected chi connectivity index (χ2v) is 1.39. The van der Waals surface area contributed by atoms with Crippen LogP contribution >= 0.6 is 0 Å². The molecule has 0 rings (SSSR count). The first-order valence-corrected chi connectivity index (χ1v) is 2.68. The quantitative estimate of drug-likeness (QED) is 0.376. The highest BCUT2D eigenvalue weighted by atomic mass is 16.5. The highest BCUT2D eigenvalue weighted by Crippen LogP contribution is 1.77. The molecule has 8 heavy (non-hydrogen) atoms. The lowest BCUT2D eigenvalue weighted by atomic mass is 10.1. The van der Waals surface area contributed by atoms with E-state index in [0.717, 1.165) is 0 Å². The zero-order valence-corrected chi connectivity index (χ0v) is 5.22. The van der Waals surface area contributed by atoms with Crippen molar-refractivity contribution in [1.82, 2.24) is 0 Å². The van der Waals surface area contributed by atoms with E-state index in [9.17, 15) is 0 Å². The van der Waals surface area contributed by atoms with Crippen molar-refractivity contribution in [3.63, 3.8) is 0 Å². The Hall–Kier alpha value is -0.0151. The lowest BCUT2D eigenvalue weighted by Crippen LogP contribution is -2.02. The Balaban J connectivity index is 2.53. The summed E-state index contributed by atoms with van der Waals surface area (Å²) in [5, 5.41) is 0. The minimum Gasteiger partial charge on any atom is -0.382 e. The van der Waals surface area contributed by atoms with Gasteiger partial charge in [-0.05, 0) is 0 Å². The average molecular weight is 114 g/mol. The van der Waals surface area contributed by atoms with Crippen LogP contribution in [0.2, 0.25) is 6.32 Å². The summed E-state index contributed by atoms with van der Waals surface area (Å²) < 4.78 is 9.70. The minimum absolute atomic E-state index is 0.587. The topological polar surface area (TPSA) is 18.5 Å². The third-order valence-electron chi connectivity index (χ3n) is 0.694. The fourth-order valence-electron chi connectivity index (χ4n) is 0.328. The van der Waals surface area contributed by atoms with Crippen LogP contribution in [0, 0.1) is 0 Å². The molecule has 2 radical (unpaired) electrons. The molecule has 0 aliphatic rings. The second-order valence-electron chi connectivity index (χ2n) is 1.39. The fraction of sp³-hybridized carbons (Fsp3) is 1.00. The van der Waals surface area contributed by atoms with Gasteiger partial charge in [0.1, 0.15) is 0 Å². The summed E-state index contributed by atoms with van der Waals surface area (Å²) in [6, 6.07) is 0. The van der Waals surface area contributed by atoms with Crippen molar-refractivity contribution >= 4 is 7.85 Å². The smallest absolute Gasteiger partial charge is 0.0699 e. The highest BCUT2D eigenvalue weighted by Gasteiger charge is 1.81. The second kappa shape index (κ2) is 6.98. The van der Waals surface area contributed by atoms with E-state index < -0.39 is 0 Å². The molecule has 2 nitrogen and oxygen atoms in total. The van der Waals surface area contributed by atoms with Crippen LogP contribution in [0.3, 0.4) is 0 Å². The van der Waals surface area contributed by atoms with Gasteiger partial charge in [0.05, 0.1) is 21.1 Å². The van der Waals surface area contributed by atoms with E-state index in [1.54, 1.807) is 7.11 Å². The highest BCUT2D eigenvalue weighted by molar-refractivity contribution is 6.08. The van der Waals surface area contributed by atoms with E-state index in [2.05, 4.69) is 0 Å². The van der Waals surface area contributed by atoms with Crippen LogP contribution in [0.4, 0.5) is 0 Å². The lowest BCUT2D eigenvalue weighted by Gasteiger charge is -1.98. The Morgan fingerprint density at radius 1 is 1.25 bits per heavy atom. The summed E-state index contributed by atoms with van der Waals surface area (Å²) >= 11 is 0.